The van der Waals surface area contributed by atoms with Gasteiger partial charge in [0.15, 0.2) is 0 Å². The van der Waals surface area contributed by atoms with Crippen molar-refractivity contribution >= 4 is 17.5 Å². The fourth-order valence-electron chi connectivity index (χ4n) is 3.25. The van der Waals surface area contributed by atoms with E-state index < -0.39 is 0 Å². The zero-order valence-electron chi connectivity index (χ0n) is 13.9. The highest BCUT2D eigenvalue weighted by atomic mass is 16.5. The van der Waals surface area contributed by atoms with Crippen molar-refractivity contribution in [2.45, 2.75) is 25.3 Å². The summed E-state index contributed by atoms with van der Waals surface area (Å²) < 4.78 is 5.39. The van der Waals surface area contributed by atoms with Gasteiger partial charge in [-0.1, -0.05) is 18.2 Å². The highest BCUT2D eigenvalue weighted by Gasteiger charge is 2.28. The average Bonchev–Trinajstić information content (AvgIpc) is 2.63. The molecular weight excluding hydrogens is 306 g/mol. The zero-order chi connectivity index (χ0) is 16.8. The molecule has 2 fully saturated rings. The summed E-state index contributed by atoms with van der Waals surface area (Å²) >= 11 is 0. The first kappa shape index (κ1) is 16.9. The molecule has 1 aromatic carbocycles. The van der Waals surface area contributed by atoms with Crippen LogP contribution >= 0.6 is 0 Å². The molecule has 2 aliphatic heterocycles. The number of benzene rings is 1. The van der Waals surface area contributed by atoms with Crippen LogP contribution in [0.2, 0.25) is 0 Å². The lowest BCUT2D eigenvalue weighted by Crippen LogP contribution is -2.47. The van der Waals surface area contributed by atoms with Gasteiger partial charge in [-0.25, -0.2) is 0 Å². The molecular formula is C18H25N3O3. The third kappa shape index (κ3) is 4.55. The number of rotatable bonds is 4. The van der Waals surface area contributed by atoms with Gasteiger partial charge in [0.2, 0.25) is 11.8 Å². The van der Waals surface area contributed by atoms with Crippen molar-refractivity contribution in [2.75, 3.05) is 38.2 Å². The van der Waals surface area contributed by atoms with E-state index in [0.717, 1.165) is 25.1 Å². The topological polar surface area (TPSA) is 70.7 Å². The normalized spacial score (nSPS) is 22.2. The maximum atomic E-state index is 12.4. The lowest BCUT2D eigenvalue weighted by atomic mass is 9.95. The maximum absolute atomic E-state index is 12.4. The Morgan fingerprint density at radius 1 is 1.21 bits per heavy atom. The molecule has 0 bridgehead atoms. The number of hydrogen-bond donors (Lipinski definition) is 2. The van der Waals surface area contributed by atoms with Gasteiger partial charge in [0, 0.05) is 43.7 Å². The predicted octanol–water partition coefficient (Wildman–Crippen LogP) is 1.24. The van der Waals surface area contributed by atoms with E-state index in [4.69, 9.17) is 4.74 Å². The summed E-state index contributed by atoms with van der Waals surface area (Å²) in [6, 6.07) is 9.61. The number of likely N-dealkylation sites (tertiary alicyclic amines) is 1. The third-order valence-electron chi connectivity index (χ3n) is 4.68. The second-order valence-corrected chi connectivity index (χ2v) is 6.44. The molecule has 2 heterocycles. The molecule has 0 radical (unpaired) electrons. The minimum atomic E-state index is -0.0228. The fourth-order valence-corrected chi connectivity index (χ4v) is 3.25. The Balaban J connectivity index is 1.43. The second kappa shape index (κ2) is 8.26. The Morgan fingerprint density at radius 2 is 1.96 bits per heavy atom. The number of nitrogens with one attached hydrogen (secondary N) is 2. The number of anilines is 1. The molecule has 0 spiro atoms. The van der Waals surface area contributed by atoms with Crippen LogP contribution < -0.4 is 10.6 Å². The maximum Gasteiger partial charge on any atom is 0.227 e. The monoisotopic (exact) mass is 331 g/mol. The van der Waals surface area contributed by atoms with E-state index in [2.05, 4.69) is 10.6 Å². The van der Waals surface area contributed by atoms with Crippen molar-refractivity contribution < 1.29 is 14.3 Å². The number of carbonyl (C=O) groups excluding carboxylic acids is 2. The Kier molecular flexibility index (Phi) is 5.82. The number of para-hydroxylation sites is 1. The molecule has 24 heavy (non-hydrogen) atoms. The molecule has 2 N–H and O–H groups in total. The number of hydrogen-bond acceptors (Lipinski definition) is 4. The van der Waals surface area contributed by atoms with Gasteiger partial charge in [0.1, 0.15) is 0 Å². The van der Waals surface area contributed by atoms with E-state index in [9.17, 15) is 9.59 Å². The lowest BCUT2D eigenvalue weighted by molar-refractivity contribution is -0.135. The van der Waals surface area contributed by atoms with Crippen LogP contribution in [0.15, 0.2) is 30.3 Å². The van der Waals surface area contributed by atoms with Crippen LogP contribution in [0.5, 0.6) is 0 Å². The highest BCUT2D eigenvalue weighted by Crippen LogP contribution is 2.20. The van der Waals surface area contributed by atoms with E-state index in [1.54, 1.807) is 0 Å². The molecule has 2 saturated heterocycles. The predicted molar refractivity (Wildman–Crippen MR) is 91.6 cm³/mol. The van der Waals surface area contributed by atoms with Crippen LogP contribution in [0, 0.1) is 5.92 Å². The first-order valence-corrected chi connectivity index (χ1v) is 8.67. The SMILES string of the molecule is O=C(Nc1ccccc1)C1CCN(C(=O)CC2COCCN2)CC1. The van der Waals surface area contributed by atoms with Crippen LogP contribution in [-0.2, 0) is 14.3 Å². The van der Waals surface area contributed by atoms with Crippen LogP contribution in [0.4, 0.5) is 5.69 Å². The van der Waals surface area contributed by atoms with E-state index in [0.29, 0.717) is 32.7 Å². The van der Waals surface area contributed by atoms with Crippen LogP contribution in [-0.4, -0.2) is 55.6 Å². The minimum Gasteiger partial charge on any atom is -0.378 e. The Morgan fingerprint density at radius 3 is 2.62 bits per heavy atom. The molecule has 1 unspecified atom stereocenters. The quantitative estimate of drug-likeness (QED) is 0.871. The first-order valence-electron chi connectivity index (χ1n) is 8.67. The molecule has 3 rings (SSSR count). The molecule has 2 amide bonds. The standard InChI is InChI=1S/C18H25N3O3/c22-17(12-16-13-24-11-8-19-16)21-9-6-14(7-10-21)18(23)20-15-4-2-1-3-5-15/h1-5,14,16,19H,6-13H2,(H,20,23). The number of morpholine rings is 1. The molecule has 6 nitrogen and oxygen atoms in total. The molecule has 1 aromatic rings. The fraction of sp³-hybridized carbons (Fsp3) is 0.556. The summed E-state index contributed by atoms with van der Waals surface area (Å²) in [7, 11) is 0. The number of carbonyl (C=O) groups is 2. The highest BCUT2D eigenvalue weighted by molar-refractivity contribution is 5.92. The smallest absolute Gasteiger partial charge is 0.227 e. The van der Waals surface area contributed by atoms with Gasteiger partial charge in [-0.05, 0) is 25.0 Å². The molecule has 0 aromatic heterocycles. The van der Waals surface area contributed by atoms with Crippen molar-refractivity contribution in [2.24, 2.45) is 5.92 Å². The summed E-state index contributed by atoms with van der Waals surface area (Å²) in [5.74, 6) is 0.181. The second-order valence-electron chi connectivity index (χ2n) is 6.44. The summed E-state index contributed by atoms with van der Waals surface area (Å²) in [5, 5.41) is 6.26. The van der Waals surface area contributed by atoms with Crippen molar-refractivity contribution in [3.05, 3.63) is 30.3 Å². The summed E-state index contributed by atoms with van der Waals surface area (Å²) in [5.41, 5.74) is 0.823. The van der Waals surface area contributed by atoms with Crippen molar-refractivity contribution in [3.8, 4) is 0 Å². The van der Waals surface area contributed by atoms with Gasteiger partial charge in [-0.3, -0.25) is 9.59 Å². The molecule has 1 atom stereocenters. The van der Waals surface area contributed by atoms with E-state index in [1.165, 1.54) is 0 Å². The zero-order valence-corrected chi connectivity index (χ0v) is 13.9. The van der Waals surface area contributed by atoms with Gasteiger partial charge >= 0.3 is 0 Å². The largest absolute Gasteiger partial charge is 0.378 e. The van der Waals surface area contributed by atoms with E-state index in [-0.39, 0.29) is 23.8 Å². The lowest BCUT2D eigenvalue weighted by Gasteiger charge is -2.33. The van der Waals surface area contributed by atoms with Crippen molar-refractivity contribution in [1.29, 1.82) is 0 Å². The average molecular weight is 331 g/mol. The minimum absolute atomic E-state index is 0.0228. The van der Waals surface area contributed by atoms with Gasteiger partial charge in [0.25, 0.3) is 0 Å². The van der Waals surface area contributed by atoms with Gasteiger partial charge in [0.05, 0.1) is 13.2 Å². The molecule has 130 valence electrons. The summed E-state index contributed by atoms with van der Waals surface area (Å²) in [6.45, 7) is 3.42. The van der Waals surface area contributed by atoms with Crippen molar-refractivity contribution in [3.63, 3.8) is 0 Å². The summed E-state index contributed by atoms with van der Waals surface area (Å²) in [4.78, 5) is 26.6. The van der Waals surface area contributed by atoms with Gasteiger partial charge < -0.3 is 20.3 Å². The third-order valence-corrected chi connectivity index (χ3v) is 4.68. The molecule has 2 aliphatic rings. The van der Waals surface area contributed by atoms with Gasteiger partial charge in [-0.2, -0.15) is 0 Å². The molecule has 0 aliphatic carbocycles. The van der Waals surface area contributed by atoms with Crippen LogP contribution in [0.3, 0.4) is 0 Å². The number of amides is 2. The summed E-state index contributed by atoms with van der Waals surface area (Å²) in [6.07, 6.45) is 1.92. The van der Waals surface area contributed by atoms with E-state index in [1.807, 2.05) is 35.2 Å². The molecule has 6 heteroatoms. The molecule has 0 saturated carbocycles. The Bertz CT molecular complexity index is 550. The Hall–Kier alpha value is -1.92. The van der Waals surface area contributed by atoms with Crippen LogP contribution in [0.25, 0.3) is 0 Å². The number of nitrogens with zero attached hydrogens (tertiary/aromatic N) is 1. The van der Waals surface area contributed by atoms with E-state index >= 15 is 0 Å². The number of piperidine rings is 1. The Labute approximate surface area is 142 Å². The van der Waals surface area contributed by atoms with Crippen LogP contribution in [0.1, 0.15) is 19.3 Å². The van der Waals surface area contributed by atoms with Crippen molar-refractivity contribution in [1.82, 2.24) is 10.2 Å². The first-order chi connectivity index (χ1) is 11.7. The van der Waals surface area contributed by atoms with Gasteiger partial charge in [-0.15, -0.1) is 0 Å². The number of ether oxygens (including phenoxy) is 1.